The fourth-order valence-electron chi connectivity index (χ4n) is 1.36. The van der Waals surface area contributed by atoms with Crippen LogP contribution in [0.1, 0.15) is 18.5 Å². The Morgan fingerprint density at radius 3 is 3.08 bits per heavy atom. The highest BCUT2D eigenvalue weighted by atomic mass is 35.5. The summed E-state index contributed by atoms with van der Waals surface area (Å²) in [4.78, 5) is 4.19. The van der Waals surface area contributed by atoms with Gasteiger partial charge in [0.05, 0.1) is 6.20 Å². The highest BCUT2D eigenvalue weighted by molar-refractivity contribution is 6.29. The topological polar surface area (TPSA) is 43.3 Å². The normalized spacial score (nSPS) is 13.5. The first-order chi connectivity index (χ1) is 6.20. The zero-order valence-corrected chi connectivity index (χ0v) is 7.99. The lowest BCUT2D eigenvalue weighted by Gasteiger charge is -2.06. The molecule has 0 aromatic carbocycles. The van der Waals surface area contributed by atoms with Crippen LogP contribution in [0, 0.1) is 0 Å². The molecule has 1 unspecified atom stereocenters. The number of rotatable bonds is 1. The molecule has 0 bridgehead atoms. The van der Waals surface area contributed by atoms with Crippen molar-refractivity contribution in [3.8, 4) is 0 Å². The number of hydrogen-bond acceptors (Lipinski definition) is 2. The quantitative estimate of drug-likeness (QED) is 0.757. The van der Waals surface area contributed by atoms with Crippen LogP contribution in [0.4, 0.5) is 0 Å². The minimum Gasteiger partial charge on any atom is -0.324 e. The van der Waals surface area contributed by atoms with Gasteiger partial charge in [-0.15, -0.1) is 0 Å². The van der Waals surface area contributed by atoms with Gasteiger partial charge in [0.25, 0.3) is 0 Å². The van der Waals surface area contributed by atoms with E-state index in [-0.39, 0.29) is 6.04 Å². The molecule has 0 fully saturated rings. The minimum atomic E-state index is -0.0258. The standard InChI is InChI=1S/C9H10ClN3/c1-6(11)7-3-2-4-13-8(10)5-12-9(7)13/h2-6H,11H2,1H3. The first-order valence-electron chi connectivity index (χ1n) is 4.07. The maximum Gasteiger partial charge on any atom is 0.142 e. The van der Waals surface area contributed by atoms with Crippen LogP contribution in [0.25, 0.3) is 5.65 Å². The van der Waals surface area contributed by atoms with Crippen LogP contribution in [-0.2, 0) is 0 Å². The van der Waals surface area contributed by atoms with Crippen LogP contribution in [0.2, 0.25) is 5.15 Å². The number of pyridine rings is 1. The van der Waals surface area contributed by atoms with Gasteiger partial charge in [-0.3, -0.25) is 4.40 Å². The Labute approximate surface area is 81.1 Å². The van der Waals surface area contributed by atoms with E-state index in [9.17, 15) is 0 Å². The molecule has 0 aliphatic heterocycles. The maximum atomic E-state index is 5.91. The predicted molar refractivity (Wildman–Crippen MR) is 52.8 cm³/mol. The number of imidazole rings is 1. The van der Waals surface area contributed by atoms with E-state index in [2.05, 4.69) is 4.98 Å². The summed E-state index contributed by atoms with van der Waals surface area (Å²) < 4.78 is 1.82. The largest absolute Gasteiger partial charge is 0.324 e. The molecule has 0 aliphatic rings. The molecule has 2 aromatic heterocycles. The SMILES string of the molecule is CC(N)c1cccn2c(Cl)cnc12. The van der Waals surface area contributed by atoms with Crippen LogP contribution < -0.4 is 5.73 Å². The Morgan fingerprint density at radius 1 is 1.62 bits per heavy atom. The summed E-state index contributed by atoms with van der Waals surface area (Å²) in [6.45, 7) is 1.93. The van der Waals surface area contributed by atoms with Crippen LogP contribution in [-0.4, -0.2) is 9.38 Å². The highest BCUT2D eigenvalue weighted by Crippen LogP contribution is 2.19. The third-order valence-electron chi connectivity index (χ3n) is 2.01. The van der Waals surface area contributed by atoms with Gasteiger partial charge in [0, 0.05) is 17.8 Å². The van der Waals surface area contributed by atoms with Crippen molar-refractivity contribution in [1.82, 2.24) is 9.38 Å². The van der Waals surface area contributed by atoms with E-state index >= 15 is 0 Å². The Hall–Kier alpha value is -1.06. The van der Waals surface area contributed by atoms with E-state index in [0.717, 1.165) is 11.2 Å². The molecule has 0 amide bonds. The molecule has 2 aromatic rings. The van der Waals surface area contributed by atoms with Crippen LogP contribution in [0.5, 0.6) is 0 Å². The monoisotopic (exact) mass is 195 g/mol. The molecule has 68 valence electrons. The van der Waals surface area contributed by atoms with Crippen molar-refractivity contribution in [2.75, 3.05) is 0 Å². The molecule has 0 aliphatic carbocycles. The van der Waals surface area contributed by atoms with E-state index in [1.165, 1.54) is 0 Å². The van der Waals surface area contributed by atoms with E-state index in [0.29, 0.717) is 5.15 Å². The molecule has 2 N–H and O–H groups in total. The predicted octanol–water partition coefficient (Wildman–Crippen LogP) is 2.01. The number of halogens is 1. The van der Waals surface area contributed by atoms with E-state index < -0.39 is 0 Å². The fraction of sp³-hybridized carbons (Fsp3) is 0.222. The van der Waals surface area contributed by atoms with Crippen LogP contribution in [0.3, 0.4) is 0 Å². The zero-order chi connectivity index (χ0) is 9.42. The van der Waals surface area contributed by atoms with Crippen LogP contribution in [0.15, 0.2) is 24.5 Å². The fourth-order valence-corrected chi connectivity index (χ4v) is 1.54. The van der Waals surface area contributed by atoms with Gasteiger partial charge in [-0.2, -0.15) is 0 Å². The van der Waals surface area contributed by atoms with Crippen molar-refractivity contribution in [1.29, 1.82) is 0 Å². The van der Waals surface area contributed by atoms with E-state index in [1.807, 2.05) is 29.7 Å². The van der Waals surface area contributed by atoms with Gasteiger partial charge in [0.1, 0.15) is 10.8 Å². The Bertz CT molecular complexity index is 433. The van der Waals surface area contributed by atoms with Gasteiger partial charge >= 0.3 is 0 Å². The average molecular weight is 196 g/mol. The molecule has 4 heteroatoms. The van der Waals surface area contributed by atoms with E-state index in [1.54, 1.807) is 6.20 Å². The zero-order valence-electron chi connectivity index (χ0n) is 7.24. The average Bonchev–Trinajstić information content (AvgIpc) is 2.48. The smallest absolute Gasteiger partial charge is 0.142 e. The molecule has 13 heavy (non-hydrogen) atoms. The molecule has 0 spiro atoms. The van der Waals surface area contributed by atoms with E-state index in [4.69, 9.17) is 17.3 Å². The molecule has 0 saturated heterocycles. The molecular weight excluding hydrogens is 186 g/mol. The summed E-state index contributed by atoms with van der Waals surface area (Å²) in [5, 5.41) is 0.609. The number of nitrogens with zero attached hydrogens (tertiary/aromatic N) is 2. The molecule has 1 atom stereocenters. The summed E-state index contributed by atoms with van der Waals surface area (Å²) in [6, 6.07) is 3.85. The minimum absolute atomic E-state index is 0.0258. The van der Waals surface area contributed by atoms with Gasteiger partial charge in [-0.25, -0.2) is 4.98 Å². The van der Waals surface area contributed by atoms with Crippen molar-refractivity contribution in [2.24, 2.45) is 5.73 Å². The number of nitrogens with two attached hydrogens (primary N) is 1. The van der Waals surface area contributed by atoms with Crippen molar-refractivity contribution in [2.45, 2.75) is 13.0 Å². The lowest BCUT2D eigenvalue weighted by Crippen LogP contribution is -2.06. The Kier molecular flexibility index (Phi) is 1.98. The summed E-state index contributed by atoms with van der Waals surface area (Å²) in [5.74, 6) is 0. The second kappa shape index (κ2) is 3.01. The van der Waals surface area contributed by atoms with Crippen molar-refractivity contribution in [3.63, 3.8) is 0 Å². The third-order valence-corrected chi connectivity index (χ3v) is 2.29. The van der Waals surface area contributed by atoms with Crippen molar-refractivity contribution in [3.05, 3.63) is 35.2 Å². The summed E-state index contributed by atoms with van der Waals surface area (Å²) in [6.07, 6.45) is 3.50. The summed E-state index contributed by atoms with van der Waals surface area (Å²) >= 11 is 5.91. The Balaban J connectivity index is 2.77. The van der Waals surface area contributed by atoms with Gasteiger partial charge < -0.3 is 5.73 Å². The van der Waals surface area contributed by atoms with Crippen molar-refractivity contribution >= 4 is 17.2 Å². The third kappa shape index (κ3) is 1.30. The van der Waals surface area contributed by atoms with Gasteiger partial charge in [-0.05, 0) is 13.0 Å². The lowest BCUT2D eigenvalue weighted by molar-refractivity contribution is 0.816. The molecule has 0 saturated carbocycles. The first-order valence-corrected chi connectivity index (χ1v) is 4.45. The number of hydrogen-bond donors (Lipinski definition) is 1. The number of fused-ring (bicyclic) bond motifs is 1. The molecule has 2 heterocycles. The van der Waals surface area contributed by atoms with Crippen LogP contribution >= 0.6 is 11.6 Å². The lowest BCUT2D eigenvalue weighted by atomic mass is 10.1. The van der Waals surface area contributed by atoms with Crippen molar-refractivity contribution < 1.29 is 0 Å². The van der Waals surface area contributed by atoms with Gasteiger partial charge in [0.2, 0.25) is 0 Å². The summed E-state index contributed by atoms with van der Waals surface area (Å²) in [5.41, 5.74) is 7.64. The van der Waals surface area contributed by atoms with Gasteiger partial charge in [0.15, 0.2) is 0 Å². The molecule has 2 rings (SSSR count). The second-order valence-electron chi connectivity index (χ2n) is 3.03. The molecular formula is C9H10ClN3. The first kappa shape index (κ1) is 8.53. The number of aromatic nitrogens is 2. The highest BCUT2D eigenvalue weighted by Gasteiger charge is 2.08. The Morgan fingerprint density at radius 2 is 2.38 bits per heavy atom. The molecule has 0 radical (unpaired) electrons. The second-order valence-corrected chi connectivity index (χ2v) is 3.41. The van der Waals surface area contributed by atoms with Gasteiger partial charge in [-0.1, -0.05) is 17.7 Å². The molecule has 3 nitrogen and oxygen atoms in total. The summed E-state index contributed by atoms with van der Waals surface area (Å²) in [7, 11) is 0. The maximum absolute atomic E-state index is 5.91.